The van der Waals surface area contributed by atoms with Gasteiger partial charge < -0.3 is 16.6 Å². The fraction of sp³-hybridized carbons (Fsp3) is 0.0714. The van der Waals surface area contributed by atoms with Crippen molar-refractivity contribution in [2.24, 2.45) is 11.5 Å². The van der Waals surface area contributed by atoms with E-state index in [1.807, 2.05) is 36.4 Å². The quantitative estimate of drug-likeness (QED) is 0.551. The summed E-state index contributed by atoms with van der Waals surface area (Å²) in [5.41, 5.74) is 10.6. The molecule has 0 saturated heterocycles. The third kappa shape index (κ3) is 3.69. The van der Waals surface area contributed by atoms with Crippen molar-refractivity contribution in [1.29, 1.82) is 0 Å². The Bertz CT molecular complexity index is 545. The Hall–Kier alpha value is -2.17. The van der Waals surface area contributed by atoms with Crippen LogP contribution in [0.1, 0.15) is 10.4 Å². The van der Waals surface area contributed by atoms with Crippen LogP contribution in [0.5, 0.6) is 0 Å². The van der Waals surface area contributed by atoms with Gasteiger partial charge in [0.1, 0.15) is 6.23 Å². The monoisotopic (exact) mass is 244 g/mol. The summed E-state index contributed by atoms with van der Waals surface area (Å²) in [6.45, 7) is 3.19. The third-order valence-corrected chi connectivity index (χ3v) is 2.30. The number of aliphatic hydroxyl groups excluding tert-OH is 1. The Balaban J connectivity index is 0.000000280. The molecule has 2 rings (SSSR count). The lowest BCUT2D eigenvalue weighted by Crippen LogP contribution is -2.13. The standard InChI is InChI=1S/C11H9NO.C3H7NO/c12-11(13)10-7-3-5-8-4-1-2-6-9(8)10;1-2-3(4)5/h1-7H,(H2,12,13);2-3,5H,1,4H2. The maximum Gasteiger partial charge on any atom is 0.249 e. The van der Waals surface area contributed by atoms with E-state index in [0.29, 0.717) is 5.56 Å². The summed E-state index contributed by atoms with van der Waals surface area (Å²) in [6.07, 6.45) is 0.398. The molecule has 0 heterocycles. The zero-order valence-corrected chi connectivity index (χ0v) is 9.91. The van der Waals surface area contributed by atoms with Crippen molar-refractivity contribution in [3.05, 3.63) is 60.7 Å². The summed E-state index contributed by atoms with van der Waals surface area (Å²) >= 11 is 0. The predicted molar refractivity (Wildman–Crippen MR) is 72.9 cm³/mol. The normalized spacial score (nSPS) is 11.2. The molecule has 94 valence electrons. The number of nitrogens with two attached hydrogens (primary N) is 2. The minimum absolute atomic E-state index is 0.378. The maximum absolute atomic E-state index is 11.0. The van der Waals surface area contributed by atoms with Gasteiger partial charge in [-0.25, -0.2) is 0 Å². The van der Waals surface area contributed by atoms with Gasteiger partial charge >= 0.3 is 0 Å². The Morgan fingerprint density at radius 2 is 1.78 bits per heavy atom. The van der Waals surface area contributed by atoms with Crippen molar-refractivity contribution >= 4 is 16.7 Å². The molecular formula is C14H16N2O2. The lowest BCUT2D eigenvalue weighted by Gasteiger charge is -2.01. The Kier molecular flexibility index (Phi) is 5.05. The summed E-state index contributed by atoms with van der Waals surface area (Å²) in [5, 5.41) is 9.98. The van der Waals surface area contributed by atoms with Crippen LogP contribution in [0.15, 0.2) is 55.1 Å². The average Bonchev–Trinajstić information content (AvgIpc) is 2.38. The first-order chi connectivity index (χ1) is 8.56. The topological polar surface area (TPSA) is 89.3 Å². The van der Waals surface area contributed by atoms with Gasteiger partial charge in [-0.05, 0) is 22.9 Å². The smallest absolute Gasteiger partial charge is 0.249 e. The lowest BCUT2D eigenvalue weighted by atomic mass is 10.0. The van der Waals surface area contributed by atoms with Crippen molar-refractivity contribution in [1.82, 2.24) is 0 Å². The number of hydrogen-bond acceptors (Lipinski definition) is 3. The van der Waals surface area contributed by atoms with Gasteiger partial charge in [0.15, 0.2) is 0 Å². The SMILES string of the molecule is C=CC(N)O.NC(=O)c1cccc2ccccc12. The van der Waals surface area contributed by atoms with Gasteiger partial charge in [-0.2, -0.15) is 0 Å². The first-order valence-corrected chi connectivity index (χ1v) is 5.40. The van der Waals surface area contributed by atoms with E-state index in [-0.39, 0.29) is 5.91 Å². The van der Waals surface area contributed by atoms with Crippen LogP contribution < -0.4 is 11.5 Å². The molecule has 5 N–H and O–H groups in total. The molecule has 1 amide bonds. The summed E-state index contributed by atoms with van der Waals surface area (Å²) in [7, 11) is 0. The van der Waals surface area contributed by atoms with Gasteiger partial charge in [0.25, 0.3) is 0 Å². The number of amides is 1. The summed E-state index contributed by atoms with van der Waals surface area (Å²) in [6, 6.07) is 13.2. The Labute approximate surface area is 106 Å². The fourth-order valence-electron chi connectivity index (χ4n) is 1.44. The number of fused-ring (bicyclic) bond motifs is 1. The molecule has 0 spiro atoms. The van der Waals surface area contributed by atoms with E-state index >= 15 is 0 Å². The van der Waals surface area contributed by atoms with E-state index in [1.54, 1.807) is 6.07 Å². The molecule has 0 aliphatic heterocycles. The second kappa shape index (κ2) is 6.54. The predicted octanol–water partition coefficient (Wildman–Crippen LogP) is 1.39. The van der Waals surface area contributed by atoms with Crippen LogP contribution in [0.25, 0.3) is 10.8 Å². The molecule has 0 fully saturated rings. The summed E-state index contributed by atoms with van der Waals surface area (Å²) in [5.74, 6) is -0.378. The molecule has 18 heavy (non-hydrogen) atoms. The minimum Gasteiger partial charge on any atom is -0.375 e. The number of primary amides is 1. The number of aliphatic hydroxyl groups is 1. The van der Waals surface area contributed by atoms with Crippen molar-refractivity contribution in [2.45, 2.75) is 6.23 Å². The number of benzene rings is 2. The highest BCUT2D eigenvalue weighted by Crippen LogP contribution is 2.17. The second-order valence-electron chi connectivity index (χ2n) is 3.62. The molecule has 1 atom stereocenters. The molecule has 2 aromatic rings. The van der Waals surface area contributed by atoms with Gasteiger partial charge in [0.05, 0.1) is 0 Å². The van der Waals surface area contributed by atoms with Crippen molar-refractivity contribution in [2.75, 3.05) is 0 Å². The number of carbonyl (C=O) groups is 1. The zero-order chi connectivity index (χ0) is 13.5. The summed E-state index contributed by atoms with van der Waals surface area (Å²) < 4.78 is 0. The molecule has 1 unspecified atom stereocenters. The average molecular weight is 244 g/mol. The zero-order valence-electron chi connectivity index (χ0n) is 9.91. The van der Waals surface area contributed by atoms with Crippen molar-refractivity contribution in [3.63, 3.8) is 0 Å². The van der Waals surface area contributed by atoms with E-state index in [9.17, 15) is 4.79 Å². The van der Waals surface area contributed by atoms with E-state index in [4.69, 9.17) is 16.6 Å². The van der Waals surface area contributed by atoms with Crippen molar-refractivity contribution in [3.8, 4) is 0 Å². The van der Waals surface area contributed by atoms with E-state index < -0.39 is 6.23 Å². The molecule has 4 nitrogen and oxygen atoms in total. The molecular weight excluding hydrogens is 228 g/mol. The van der Waals surface area contributed by atoms with Gasteiger partial charge in [0, 0.05) is 5.56 Å². The van der Waals surface area contributed by atoms with Crippen LogP contribution in [-0.2, 0) is 0 Å². The first kappa shape index (κ1) is 13.9. The highest BCUT2D eigenvalue weighted by atomic mass is 16.3. The molecule has 2 aromatic carbocycles. The molecule has 0 saturated carbocycles. The minimum atomic E-state index is -0.852. The van der Waals surface area contributed by atoms with Crippen molar-refractivity contribution < 1.29 is 9.90 Å². The number of rotatable bonds is 2. The number of hydrogen-bond donors (Lipinski definition) is 3. The fourth-order valence-corrected chi connectivity index (χ4v) is 1.44. The second-order valence-corrected chi connectivity index (χ2v) is 3.62. The van der Waals surface area contributed by atoms with E-state index in [1.165, 1.54) is 6.08 Å². The van der Waals surface area contributed by atoms with Gasteiger partial charge in [-0.3, -0.25) is 4.79 Å². The maximum atomic E-state index is 11.0. The Morgan fingerprint density at radius 1 is 1.22 bits per heavy atom. The molecule has 0 radical (unpaired) electrons. The first-order valence-electron chi connectivity index (χ1n) is 5.40. The van der Waals surface area contributed by atoms with E-state index in [2.05, 4.69) is 6.58 Å². The highest BCUT2D eigenvalue weighted by molar-refractivity contribution is 6.06. The van der Waals surface area contributed by atoms with Gasteiger partial charge in [-0.1, -0.05) is 43.0 Å². The van der Waals surface area contributed by atoms with Crippen LogP contribution in [-0.4, -0.2) is 17.2 Å². The molecule has 0 aliphatic carbocycles. The third-order valence-electron chi connectivity index (χ3n) is 2.30. The molecule has 4 heteroatoms. The van der Waals surface area contributed by atoms with Gasteiger partial charge in [-0.15, -0.1) is 0 Å². The van der Waals surface area contributed by atoms with Crippen LogP contribution in [0.2, 0.25) is 0 Å². The number of carbonyl (C=O) groups excluding carboxylic acids is 1. The summed E-state index contributed by atoms with van der Waals surface area (Å²) in [4.78, 5) is 11.0. The van der Waals surface area contributed by atoms with Crippen LogP contribution in [0, 0.1) is 0 Å². The lowest BCUT2D eigenvalue weighted by molar-refractivity contribution is 0.100. The van der Waals surface area contributed by atoms with Crippen LogP contribution in [0.4, 0.5) is 0 Å². The van der Waals surface area contributed by atoms with Crippen LogP contribution >= 0.6 is 0 Å². The molecule has 0 aliphatic rings. The van der Waals surface area contributed by atoms with E-state index in [0.717, 1.165) is 10.8 Å². The van der Waals surface area contributed by atoms with Crippen LogP contribution in [0.3, 0.4) is 0 Å². The molecule has 0 aromatic heterocycles. The highest BCUT2D eigenvalue weighted by Gasteiger charge is 2.03. The Morgan fingerprint density at radius 3 is 2.33 bits per heavy atom. The van der Waals surface area contributed by atoms with Gasteiger partial charge in [0.2, 0.25) is 5.91 Å². The molecule has 0 bridgehead atoms. The largest absolute Gasteiger partial charge is 0.375 e.